The van der Waals surface area contributed by atoms with E-state index in [-0.39, 0.29) is 17.4 Å². The van der Waals surface area contributed by atoms with Crippen molar-refractivity contribution in [2.24, 2.45) is 0 Å². The van der Waals surface area contributed by atoms with Crippen molar-refractivity contribution in [3.63, 3.8) is 0 Å². The smallest absolute Gasteiger partial charge is 0.418 e. The molecule has 3 amide bonds. The van der Waals surface area contributed by atoms with E-state index < -0.39 is 23.7 Å². The summed E-state index contributed by atoms with van der Waals surface area (Å²) in [4.78, 5) is 30.2. The lowest BCUT2D eigenvalue weighted by Crippen LogP contribution is -2.44. The molecule has 1 aliphatic heterocycles. The van der Waals surface area contributed by atoms with Gasteiger partial charge in [-0.05, 0) is 61.2 Å². The molecule has 3 aromatic carbocycles. The minimum atomic E-state index is -4.67. The van der Waals surface area contributed by atoms with Crippen LogP contribution in [0, 0.1) is 12.3 Å². The highest BCUT2D eigenvalue weighted by molar-refractivity contribution is 6.00. The molecule has 1 aliphatic rings. The summed E-state index contributed by atoms with van der Waals surface area (Å²) in [5, 5.41) is 8.44. The van der Waals surface area contributed by atoms with Crippen LogP contribution in [0.4, 0.5) is 35.0 Å². The van der Waals surface area contributed by atoms with Crippen LogP contribution >= 0.6 is 0 Å². The minimum absolute atomic E-state index is 0.00951. The number of aromatic nitrogens is 1. The van der Waals surface area contributed by atoms with E-state index in [4.69, 9.17) is 20.6 Å². The Hall–Kier alpha value is -5.64. The third kappa shape index (κ3) is 7.35. The predicted octanol–water partition coefficient (Wildman–Crippen LogP) is 6.43. The Labute approximate surface area is 262 Å². The number of alkyl halides is 3. The first kappa shape index (κ1) is 31.8. The van der Waals surface area contributed by atoms with Gasteiger partial charge in [-0.2, -0.15) is 13.2 Å². The number of urea groups is 1. The molecule has 0 unspecified atom stereocenters. The second-order valence-electron chi connectivity index (χ2n) is 10.4. The highest BCUT2D eigenvalue weighted by Gasteiger charge is 2.36. The van der Waals surface area contributed by atoms with Gasteiger partial charge in [0.25, 0.3) is 5.91 Å². The fourth-order valence-electron chi connectivity index (χ4n) is 5.20. The molecule has 1 fully saturated rings. The van der Waals surface area contributed by atoms with Crippen LogP contribution in [-0.2, 0) is 11.0 Å². The quantitative estimate of drug-likeness (QED) is 0.192. The van der Waals surface area contributed by atoms with Crippen LogP contribution in [0.3, 0.4) is 0 Å². The van der Waals surface area contributed by atoms with E-state index >= 15 is 0 Å². The molecule has 13 heteroatoms. The third-order valence-corrected chi connectivity index (χ3v) is 7.39. The van der Waals surface area contributed by atoms with Crippen molar-refractivity contribution in [2.75, 3.05) is 42.8 Å². The van der Waals surface area contributed by atoms with E-state index in [1.54, 1.807) is 53.6 Å². The van der Waals surface area contributed by atoms with Gasteiger partial charge < -0.3 is 35.1 Å². The van der Waals surface area contributed by atoms with Gasteiger partial charge in [0, 0.05) is 59.9 Å². The molecule has 0 spiro atoms. The number of ether oxygens (including phenoxy) is 3. The van der Waals surface area contributed by atoms with E-state index in [1.807, 2.05) is 5.92 Å². The molecule has 4 aromatic rings. The maximum absolute atomic E-state index is 14.1. The highest BCUT2D eigenvalue weighted by Crippen LogP contribution is 2.40. The summed E-state index contributed by atoms with van der Waals surface area (Å²) < 4.78 is 59.1. The molecule has 0 bridgehead atoms. The van der Waals surface area contributed by atoms with Crippen molar-refractivity contribution < 1.29 is 37.0 Å². The van der Waals surface area contributed by atoms with Gasteiger partial charge in [0.05, 0.1) is 25.3 Å². The first-order valence-electron chi connectivity index (χ1n) is 14.2. The van der Waals surface area contributed by atoms with Gasteiger partial charge in [-0.1, -0.05) is 6.07 Å². The molecule has 1 saturated heterocycles. The van der Waals surface area contributed by atoms with Gasteiger partial charge in [0.1, 0.15) is 11.5 Å². The molecule has 46 heavy (non-hydrogen) atoms. The van der Waals surface area contributed by atoms with Crippen molar-refractivity contribution in [1.29, 1.82) is 0 Å². The number of benzene rings is 3. The van der Waals surface area contributed by atoms with E-state index in [0.717, 1.165) is 6.07 Å². The SMILES string of the molecule is C#CC(=O)NC1CCN(c2ccc(NC(=O)Nc3cccc(Oc4ccnc5cc(OC)c(OC)cc45)c3)cc2C(F)(F)F)CC1. The van der Waals surface area contributed by atoms with Crippen LogP contribution in [0.2, 0.25) is 0 Å². The number of halogens is 3. The number of nitrogens with one attached hydrogen (secondary N) is 3. The molecule has 2 heterocycles. The number of fused-ring (bicyclic) bond motifs is 1. The number of methoxy groups -OCH3 is 2. The molecule has 0 atom stereocenters. The van der Waals surface area contributed by atoms with Gasteiger partial charge in [-0.15, -0.1) is 6.42 Å². The number of nitrogens with zero attached hydrogens (tertiary/aromatic N) is 2. The topological polar surface area (TPSA) is 114 Å². The maximum atomic E-state index is 14.1. The number of piperidine rings is 1. The molecule has 3 N–H and O–H groups in total. The number of amides is 3. The number of anilines is 3. The second-order valence-corrected chi connectivity index (χ2v) is 10.4. The second kappa shape index (κ2) is 13.6. The first-order valence-corrected chi connectivity index (χ1v) is 14.2. The van der Waals surface area contributed by atoms with Gasteiger partial charge in [0.15, 0.2) is 11.5 Å². The molecular weight excluding hydrogens is 603 g/mol. The summed E-state index contributed by atoms with van der Waals surface area (Å²) in [6, 6.07) is 14.4. The van der Waals surface area contributed by atoms with Crippen molar-refractivity contribution >= 4 is 39.9 Å². The number of hydrogen-bond donors (Lipinski definition) is 3. The number of carbonyl (C=O) groups excluding carboxylic acids is 2. The van der Waals surface area contributed by atoms with Gasteiger partial charge in [-0.25, -0.2) is 4.79 Å². The number of pyridine rings is 1. The number of carbonyl (C=O) groups is 2. The van der Waals surface area contributed by atoms with E-state index in [0.29, 0.717) is 65.5 Å². The summed E-state index contributed by atoms with van der Waals surface area (Å²) in [7, 11) is 3.05. The van der Waals surface area contributed by atoms with Crippen molar-refractivity contribution in [3.8, 4) is 35.3 Å². The average Bonchev–Trinajstić information content (AvgIpc) is 3.04. The van der Waals surface area contributed by atoms with Crippen LogP contribution in [-0.4, -0.2) is 50.3 Å². The molecule has 238 valence electrons. The lowest BCUT2D eigenvalue weighted by atomic mass is 10.0. The standard InChI is InChI=1S/C33H30F3N5O5/c1-4-31(42)38-20-11-14-41(15-12-20)27-9-8-22(17-25(27)33(34,35)36)40-32(43)39-21-6-5-7-23(16-21)46-28-10-13-37-26-19-30(45-3)29(44-2)18-24(26)28/h1,5-10,13,16-20H,11-12,14-15H2,2-3H3,(H,38,42)(H2,39,40,43). The fraction of sp³-hybridized carbons (Fsp3) is 0.242. The molecule has 10 nitrogen and oxygen atoms in total. The molecular formula is C33H30F3N5O5. The minimum Gasteiger partial charge on any atom is -0.493 e. The molecule has 0 radical (unpaired) electrons. The Bertz CT molecular complexity index is 1800. The Morgan fingerprint density at radius 1 is 0.935 bits per heavy atom. The summed E-state index contributed by atoms with van der Waals surface area (Å²) in [6.07, 6.45) is 2.88. The van der Waals surface area contributed by atoms with Crippen LogP contribution in [0.5, 0.6) is 23.0 Å². The average molecular weight is 634 g/mol. The maximum Gasteiger partial charge on any atom is 0.418 e. The molecule has 0 saturated carbocycles. The van der Waals surface area contributed by atoms with Crippen molar-refractivity contribution in [3.05, 3.63) is 72.4 Å². The summed E-state index contributed by atoms with van der Waals surface area (Å²) in [6.45, 7) is 0.586. The van der Waals surface area contributed by atoms with Crippen LogP contribution in [0.15, 0.2) is 66.9 Å². The number of hydrogen-bond acceptors (Lipinski definition) is 7. The predicted molar refractivity (Wildman–Crippen MR) is 168 cm³/mol. The number of terminal acetylenes is 1. The molecule has 1 aromatic heterocycles. The summed E-state index contributed by atoms with van der Waals surface area (Å²) in [5.74, 6) is 3.32. The zero-order chi connectivity index (χ0) is 32.8. The Kier molecular flexibility index (Phi) is 9.37. The van der Waals surface area contributed by atoms with Crippen LogP contribution < -0.4 is 35.1 Å². The Morgan fingerprint density at radius 3 is 2.30 bits per heavy atom. The van der Waals surface area contributed by atoms with Gasteiger partial charge >= 0.3 is 12.2 Å². The van der Waals surface area contributed by atoms with Gasteiger partial charge in [0.2, 0.25) is 0 Å². The van der Waals surface area contributed by atoms with Gasteiger partial charge in [-0.3, -0.25) is 9.78 Å². The van der Waals surface area contributed by atoms with Crippen LogP contribution in [0.1, 0.15) is 18.4 Å². The zero-order valence-corrected chi connectivity index (χ0v) is 24.9. The first-order chi connectivity index (χ1) is 22.1. The fourth-order valence-corrected chi connectivity index (χ4v) is 5.20. The summed E-state index contributed by atoms with van der Waals surface area (Å²) in [5.41, 5.74) is 0.0336. The van der Waals surface area contributed by atoms with Crippen molar-refractivity contribution in [2.45, 2.75) is 25.1 Å². The monoisotopic (exact) mass is 633 g/mol. The normalized spacial score (nSPS) is 13.4. The number of rotatable bonds is 8. The molecule has 0 aliphatic carbocycles. The lowest BCUT2D eigenvalue weighted by Gasteiger charge is -2.35. The lowest BCUT2D eigenvalue weighted by molar-refractivity contribution is -0.137. The van der Waals surface area contributed by atoms with Crippen molar-refractivity contribution in [1.82, 2.24) is 10.3 Å². The van der Waals surface area contributed by atoms with Crippen LogP contribution in [0.25, 0.3) is 10.9 Å². The Balaban J connectivity index is 1.27. The highest BCUT2D eigenvalue weighted by atomic mass is 19.4. The Morgan fingerprint density at radius 2 is 1.63 bits per heavy atom. The van der Waals surface area contributed by atoms with E-state index in [1.165, 1.54) is 26.4 Å². The summed E-state index contributed by atoms with van der Waals surface area (Å²) >= 11 is 0. The van der Waals surface area contributed by atoms with E-state index in [9.17, 15) is 22.8 Å². The zero-order valence-electron chi connectivity index (χ0n) is 24.9. The largest absolute Gasteiger partial charge is 0.493 e. The van der Waals surface area contributed by atoms with E-state index in [2.05, 4.69) is 20.9 Å². The molecule has 5 rings (SSSR count). The third-order valence-electron chi connectivity index (χ3n) is 7.39.